The van der Waals surface area contributed by atoms with Crippen molar-refractivity contribution >= 4 is 95.3 Å². The molecule has 75 heavy (non-hydrogen) atoms. The van der Waals surface area contributed by atoms with Crippen LogP contribution < -0.4 is 63.7 Å². The molecule has 0 amide bonds. The van der Waals surface area contributed by atoms with Crippen LogP contribution in [0.15, 0.2) is 292 Å². The third kappa shape index (κ3) is 13.8. The zero-order valence-electron chi connectivity index (χ0n) is 43.1. The van der Waals surface area contributed by atoms with Gasteiger partial charge in [-0.2, -0.15) is 17.7 Å². The molecule has 0 aliphatic carbocycles. The molecule has 10 aromatic rings. The van der Waals surface area contributed by atoms with Crippen molar-refractivity contribution in [3.63, 3.8) is 0 Å². The van der Waals surface area contributed by atoms with Gasteiger partial charge in [-0.3, -0.25) is 0 Å². The molecule has 0 saturated carbocycles. The number of rotatable bonds is 20. The summed E-state index contributed by atoms with van der Waals surface area (Å²) in [4.78, 5) is 0. The predicted octanol–water partition coefficient (Wildman–Crippen LogP) is 13.4. The van der Waals surface area contributed by atoms with Crippen LogP contribution in [-0.4, -0.2) is 0 Å². The molecular weight excluding hydrogens is 1020 g/mol. The Morgan fingerprint density at radius 3 is 0.760 bits per heavy atom. The van der Waals surface area contributed by atoms with Crippen molar-refractivity contribution in [3.05, 3.63) is 303 Å². The van der Waals surface area contributed by atoms with E-state index >= 15 is 0 Å². The molecule has 0 radical (unpaired) electrons. The Bertz CT molecular complexity index is 2870. The predicted molar refractivity (Wildman–Crippen MR) is 334 cm³/mol. The summed E-state index contributed by atoms with van der Waals surface area (Å²) in [7, 11) is -4.26. The molecule has 0 aliphatic rings. The third-order valence-corrected chi connectivity index (χ3v) is 24.0. The van der Waals surface area contributed by atoms with Crippen LogP contribution in [0.25, 0.3) is 0 Å². The van der Waals surface area contributed by atoms with Gasteiger partial charge in [-0.1, -0.05) is 323 Å². The van der Waals surface area contributed by atoms with Gasteiger partial charge in [0, 0.05) is 17.1 Å². The van der Waals surface area contributed by atoms with Gasteiger partial charge in [-0.25, -0.2) is 50.2 Å². The number of hydrogen-bond donors (Lipinski definition) is 0. The Balaban J connectivity index is 0.000000555. The molecule has 0 saturated heterocycles. The molecule has 0 fully saturated rings. The van der Waals surface area contributed by atoms with Crippen molar-refractivity contribution in [3.8, 4) is 0 Å². The van der Waals surface area contributed by atoms with Gasteiger partial charge in [0.1, 0.15) is 0 Å². The summed E-state index contributed by atoms with van der Waals surface area (Å²) in [5.41, 5.74) is 2.98. The average molecular weight is 1090 g/mol. The Kier molecular flexibility index (Phi) is 20.9. The van der Waals surface area contributed by atoms with Crippen LogP contribution in [0.5, 0.6) is 0 Å². The van der Waals surface area contributed by atoms with E-state index in [0.29, 0.717) is 5.92 Å². The second-order valence-electron chi connectivity index (χ2n) is 18.9. The van der Waals surface area contributed by atoms with Gasteiger partial charge >= 0.3 is 0 Å². The molecule has 0 aliphatic heterocycles. The van der Waals surface area contributed by atoms with Crippen molar-refractivity contribution in [2.75, 3.05) is 0 Å². The Morgan fingerprint density at radius 2 is 0.533 bits per heavy atom. The molecule has 0 aromatic heterocycles. The molecule has 0 nitrogen and oxygen atoms in total. The minimum Gasteiger partial charge on any atom is -0.718 e. The smallest absolute Gasteiger partial charge is 0 e. The largest absolute Gasteiger partial charge is 0.718 e. The average Bonchev–Trinajstić information content (AvgIpc) is 4.07. The summed E-state index contributed by atoms with van der Waals surface area (Å²) in [6.45, 7) is 12.7. The molecule has 10 rings (SSSR count). The van der Waals surface area contributed by atoms with Gasteiger partial charge in [0.05, 0.1) is 0 Å². The summed E-state index contributed by atoms with van der Waals surface area (Å²) >= 11 is 0. The first-order chi connectivity index (χ1) is 36.5. The van der Waals surface area contributed by atoms with Crippen molar-refractivity contribution < 1.29 is 17.1 Å². The molecule has 10 aromatic carbocycles. The summed E-state index contributed by atoms with van der Waals surface area (Å²) < 4.78 is 0. The second kappa shape index (κ2) is 28.4. The summed E-state index contributed by atoms with van der Waals surface area (Å²) in [5.74, 6) is 1.10. The monoisotopic (exact) mass is 1090 g/mol. The normalized spacial score (nSPS) is 11.9. The van der Waals surface area contributed by atoms with Crippen LogP contribution in [0.4, 0.5) is 0 Å². The van der Waals surface area contributed by atoms with E-state index in [4.69, 9.17) is 0 Å². The first-order valence-corrected chi connectivity index (χ1v) is 31.3. The Labute approximate surface area is 464 Å². The number of allylic oxidation sites excluding steroid dienone is 2. The minimum atomic E-state index is -1.08. The van der Waals surface area contributed by atoms with E-state index in [9.17, 15) is 0 Å². The second-order valence-corrected chi connectivity index (χ2v) is 27.5. The minimum absolute atomic E-state index is 0. The molecule has 0 N–H and O–H groups in total. The molecule has 380 valence electrons. The van der Waals surface area contributed by atoms with E-state index < -0.39 is 31.7 Å². The van der Waals surface area contributed by atoms with Crippen molar-refractivity contribution in [2.45, 2.75) is 39.5 Å². The fourth-order valence-electron chi connectivity index (χ4n) is 10.0. The van der Waals surface area contributed by atoms with Gasteiger partial charge in [0.15, 0.2) is 0 Å². The zero-order valence-corrected chi connectivity index (χ0v) is 47.8. The first kappa shape index (κ1) is 55.4. The standard InChI is InChI=1S/C59H51P4.C11H15.Fe/c1-3-28-46(2)45-55-56(60(47-29-12-4-13-30-47)48-31-14-5-15-32-48)58(62(51-37-20-8-21-38-51)52-39-22-9-23-40-52)59(63(53-41-24-10-25-42-53)54-43-26-11-27-44-54)57(55)61(49-33-16-6-17-34-49)50-35-18-7-19-36-50;1-3-6-10(2)9-11-7-4-5-8-11;/h3-27,29-44,46H,1,28,45H2,2H3;3-5,7-8,10H,1,6,9H2,2H3;/q-5;-1;. The van der Waals surface area contributed by atoms with Crippen molar-refractivity contribution in [2.24, 2.45) is 11.8 Å². The maximum Gasteiger partial charge on any atom is 0 e. The molecular formula is C70H66FeP4-6. The van der Waals surface area contributed by atoms with Gasteiger partial charge in [-0.15, -0.1) is 13.2 Å². The number of benzene rings is 8. The zero-order chi connectivity index (χ0) is 50.9. The number of hydrogen-bond acceptors (Lipinski definition) is 0. The van der Waals surface area contributed by atoms with Crippen LogP contribution in [0.3, 0.4) is 0 Å². The van der Waals surface area contributed by atoms with E-state index in [1.54, 1.807) is 10.6 Å². The van der Waals surface area contributed by atoms with Crippen LogP contribution in [0.1, 0.15) is 37.8 Å². The van der Waals surface area contributed by atoms with Gasteiger partial charge < -0.3 is 26.8 Å². The SMILES string of the molecule is C=CCC(C)C[c-]1[c-](P(c2ccccc2)c2ccccc2)[c-](P(c2ccccc2)c2ccccc2)[c-](P(c2ccccc2)c2ccccc2)[c-]1P(c1ccccc1)c1ccccc1.C=CCC(C)C[c-]1cccc1.[Fe]. The third-order valence-electron chi connectivity index (χ3n) is 13.3. The molecule has 2 atom stereocenters. The molecule has 2 unspecified atom stereocenters. The van der Waals surface area contributed by atoms with Crippen LogP contribution in [0.2, 0.25) is 0 Å². The Hall–Kier alpha value is -5.82. The van der Waals surface area contributed by atoms with Crippen molar-refractivity contribution in [1.29, 1.82) is 0 Å². The van der Waals surface area contributed by atoms with Crippen molar-refractivity contribution in [1.82, 2.24) is 0 Å². The quantitative estimate of drug-likeness (QED) is 0.0309. The van der Waals surface area contributed by atoms with E-state index in [1.807, 2.05) is 6.08 Å². The molecule has 5 heteroatoms. The van der Waals surface area contributed by atoms with Gasteiger partial charge in [0.2, 0.25) is 0 Å². The van der Waals surface area contributed by atoms with E-state index in [-0.39, 0.29) is 17.1 Å². The van der Waals surface area contributed by atoms with Crippen LogP contribution in [0, 0.1) is 11.8 Å². The topological polar surface area (TPSA) is 0 Å². The van der Waals surface area contributed by atoms with Gasteiger partial charge in [0.25, 0.3) is 0 Å². The molecule has 0 bridgehead atoms. The van der Waals surface area contributed by atoms with E-state index in [2.05, 4.69) is 300 Å². The summed E-state index contributed by atoms with van der Waals surface area (Å²) in [5, 5.41) is 17.2. The maximum atomic E-state index is 4.30. The molecule has 0 heterocycles. The van der Waals surface area contributed by atoms with Gasteiger partial charge in [-0.05, 0) is 18.8 Å². The van der Waals surface area contributed by atoms with Crippen LogP contribution >= 0.6 is 31.7 Å². The fraction of sp³-hybridized carbons (Fsp3) is 0.114. The maximum absolute atomic E-state index is 4.30. The molecule has 0 spiro atoms. The summed E-state index contributed by atoms with van der Waals surface area (Å²) in [6, 6.07) is 100. The van der Waals surface area contributed by atoms with E-state index in [0.717, 1.165) is 25.2 Å². The summed E-state index contributed by atoms with van der Waals surface area (Å²) in [6.07, 6.45) is 8.30. The van der Waals surface area contributed by atoms with E-state index in [1.165, 1.54) is 70.6 Å². The fourth-order valence-corrected chi connectivity index (χ4v) is 22.0. The van der Waals surface area contributed by atoms with Crippen LogP contribution in [-0.2, 0) is 29.9 Å². The Morgan fingerprint density at radius 1 is 0.320 bits per heavy atom. The first-order valence-electron chi connectivity index (χ1n) is 25.9.